The number of benzene rings is 1. The van der Waals surface area contributed by atoms with Gasteiger partial charge in [-0.1, -0.05) is 62.9 Å². The summed E-state index contributed by atoms with van der Waals surface area (Å²) in [6, 6.07) is 11.4. The van der Waals surface area contributed by atoms with Crippen molar-refractivity contribution in [1.82, 2.24) is 5.32 Å². The fourth-order valence-electron chi connectivity index (χ4n) is 3.22. The predicted octanol–water partition coefficient (Wildman–Crippen LogP) is 5.00. The summed E-state index contributed by atoms with van der Waals surface area (Å²) < 4.78 is 0. The molecular weight excluding hydrogens is 316 g/mol. The molecule has 124 valence electrons. The van der Waals surface area contributed by atoms with Crippen LogP contribution in [0.5, 0.6) is 0 Å². The summed E-state index contributed by atoms with van der Waals surface area (Å²) in [6.45, 7) is 6.82. The van der Waals surface area contributed by atoms with E-state index in [0.717, 1.165) is 25.0 Å². The molecule has 1 N–H and O–H groups in total. The SMILES string of the molecule is CC(C)(C)C1CCC2=C(C1)SC(C(=O)c1ccccc1)=C(C#N)N2. The number of rotatable bonds is 2. The monoisotopic (exact) mass is 338 g/mol. The van der Waals surface area contributed by atoms with Gasteiger partial charge in [-0.25, -0.2) is 0 Å². The number of hydrogen-bond acceptors (Lipinski definition) is 4. The topological polar surface area (TPSA) is 52.9 Å². The molecule has 1 heterocycles. The van der Waals surface area contributed by atoms with Crippen LogP contribution in [0.3, 0.4) is 0 Å². The Labute approximate surface area is 147 Å². The van der Waals surface area contributed by atoms with Crippen LogP contribution in [0.15, 0.2) is 51.5 Å². The minimum absolute atomic E-state index is 0.0749. The van der Waals surface area contributed by atoms with Crippen molar-refractivity contribution >= 4 is 17.5 Å². The second-order valence-corrected chi connectivity index (χ2v) is 8.55. The highest BCUT2D eigenvalue weighted by atomic mass is 32.2. The van der Waals surface area contributed by atoms with Crippen LogP contribution in [0, 0.1) is 22.7 Å². The third-order valence-electron chi connectivity index (χ3n) is 4.82. The molecule has 3 nitrogen and oxygen atoms in total. The van der Waals surface area contributed by atoms with E-state index in [2.05, 4.69) is 32.2 Å². The maximum absolute atomic E-state index is 12.8. The summed E-state index contributed by atoms with van der Waals surface area (Å²) >= 11 is 1.50. The Morgan fingerprint density at radius 3 is 2.62 bits per heavy atom. The highest BCUT2D eigenvalue weighted by Crippen LogP contribution is 2.47. The van der Waals surface area contributed by atoms with Crippen molar-refractivity contribution in [1.29, 1.82) is 5.26 Å². The number of nitriles is 1. The van der Waals surface area contributed by atoms with E-state index in [0.29, 0.717) is 22.1 Å². The fourth-order valence-corrected chi connectivity index (χ4v) is 4.44. The lowest BCUT2D eigenvalue weighted by atomic mass is 9.73. The van der Waals surface area contributed by atoms with Crippen LogP contribution in [0.2, 0.25) is 0 Å². The van der Waals surface area contributed by atoms with Crippen LogP contribution in [-0.2, 0) is 0 Å². The molecule has 0 bridgehead atoms. The molecule has 1 aromatic rings. The lowest BCUT2D eigenvalue weighted by molar-refractivity contribution is 0.104. The number of thioether (sulfide) groups is 1. The molecule has 4 heteroatoms. The van der Waals surface area contributed by atoms with Crippen LogP contribution in [0.25, 0.3) is 0 Å². The Morgan fingerprint density at radius 1 is 1.29 bits per heavy atom. The number of nitrogens with zero attached hydrogens (tertiary/aromatic N) is 1. The Balaban J connectivity index is 1.88. The Hall–Kier alpha value is -1.99. The van der Waals surface area contributed by atoms with Gasteiger partial charge in [0.15, 0.2) is 0 Å². The molecule has 1 atom stereocenters. The molecule has 0 saturated carbocycles. The molecule has 1 unspecified atom stereocenters. The van der Waals surface area contributed by atoms with Crippen molar-refractivity contribution in [2.24, 2.45) is 11.3 Å². The van der Waals surface area contributed by atoms with E-state index >= 15 is 0 Å². The first-order valence-corrected chi connectivity index (χ1v) is 9.13. The van der Waals surface area contributed by atoms with Crippen molar-refractivity contribution in [3.8, 4) is 6.07 Å². The largest absolute Gasteiger partial charge is 0.349 e. The average Bonchev–Trinajstić information content (AvgIpc) is 2.59. The molecule has 0 fully saturated rings. The molecule has 3 rings (SSSR count). The zero-order valence-corrected chi connectivity index (χ0v) is 15.2. The van der Waals surface area contributed by atoms with E-state index in [1.54, 1.807) is 12.1 Å². The van der Waals surface area contributed by atoms with E-state index in [9.17, 15) is 10.1 Å². The van der Waals surface area contributed by atoms with Gasteiger partial charge < -0.3 is 5.32 Å². The smallest absolute Gasteiger partial charge is 0.202 e. The summed E-state index contributed by atoms with van der Waals surface area (Å²) in [5.41, 5.74) is 2.40. The zero-order chi connectivity index (χ0) is 17.3. The van der Waals surface area contributed by atoms with Gasteiger partial charge in [-0.15, -0.1) is 0 Å². The maximum atomic E-state index is 12.8. The van der Waals surface area contributed by atoms with Crippen LogP contribution in [0.1, 0.15) is 50.4 Å². The summed E-state index contributed by atoms with van der Waals surface area (Å²) in [5.74, 6) is 0.524. The minimum atomic E-state index is -0.0749. The van der Waals surface area contributed by atoms with Crippen molar-refractivity contribution in [3.05, 3.63) is 57.1 Å². The van der Waals surface area contributed by atoms with Gasteiger partial charge in [0.25, 0.3) is 0 Å². The molecule has 1 aromatic carbocycles. The van der Waals surface area contributed by atoms with E-state index in [1.165, 1.54) is 16.7 Å². The molecule has 0 amide bonds. The minimum Gasteiger partial charge on any atom is -0.349 e. The van der Waals surface area contributed by atoms with Gasteiger partial charge in [0.05, 0.1) is 4.91 Å². The Kier molecular flexibility index (Phi) is 4.56. The first-order chi connectivity index (χ1) is 11.4. The molecule has 1 aliphatic heterocycles. The van der Waals surface area contributed by atoms with Gasteiger partial charge in [0, 0.05) is 16.2 Å². The first kappa shape index (κ1) is 16.9. The fraction of sp³-hybridized carbons (Fsp3) is 0.400. The lowest BCUT2D eigenvalue weighted by Gasteiger charge is -2.37. The van der Waals surface area contributed by atoms with Crippen LogP contribution in [0.4, 0.5) is 0 Å². The highest BCUT2D eigenvalue weighted by molar-refractivity contribution is 8.07. The van der Waals surface area contributed by atoms with Gasteiger partial charge >= 0.3 is 0 Å². The molecule has 1 aliphatic carbocycles. The van der Waals surface area contributed by atoms with Crippen molar-refractivity contribution < 1.29 is 4.79 Å². The van der Waals surface area contributed by atoms with E-state index < -0.39 is 0 Å². The average molecular weight is 338 g/mol. The van der Waals surface area contributed by atoms with Gasteiger partial charge in [-0.2, -0.15) is 5.26 Å². The number of carbonyl (C=O) groups excluding carboxylic acids is 1. The number of hydrogen-bond donors (Lipinski definition) is 1. The molecule has 0 saturated heterocycles. The van der Waals surface area contributed by atoms with Gasteiger partial charge in [0.1, 0.15) is 11.8 Å². The molecular formula is C20H22N2OS. The van der Waals surface area contributed by atoms with Crippen LogP contribution >= 0.6 is 11.8 Å². The van der Waals surface area contributed by atoms with Gasteiger partial charge in [0.2, 0.25) is 5.78 Å². The zero-order valence-electron chi connectivity index (χ0n) is 14.3. The van der Waals surface area contributed by atoms with Crippen LogP contribution in [-0.4, -0.2) is 5.78 Å². The van der Waals surface area contributed by atoms with Crippen molar-refractivity contribution in [3.63, 3.8) is 0 Å². The molecule has 0 radical (unpaired) electrons. The van der Waals surface area contributed by atoms with E-state index in [-0.39, 0.29) is 11.2 Å². The molecule has 0 spiro atoms. The second kappa shape index (κ2) is 6.49. The number of Topliss-reactive ketones (excluding diaryl/α,β-unsaturated/α-hetero) is 1. The normalized spacial score (nSPS) is 21.0. The number of nitrogens with one attached hydrogen (secondary N) is 1. The standard InChI is InChI=1S/C20H22N2OS/c1-20(2,3)14-9-10-15-17(11-14)24-19(16(12-21)22-15)18(23)13-7-5-4-6-8-13/h4-8,14,22H,9-11H2,1-3H3. The van der Waals surface area contributed by atoms with Crippen molar-refractivity contribution in [2.45, 2.75) is 40.0 Å². The summed E-state index contributed by atoms with van der Waals surface area (Å²) in [4.78, 5) is 14.6. The van der Waals surface area contributed by atoms with E-state index in [4.69, 9.17) is 0 Å². The molecule has 0 aromatic heterocycles. The first-order valence-electron chi connectivity index (χ1n) is 8.31. The van der Waals surface area contributed by atoms with Crippen LogP contribution < -0.4 is 5.32 Å². The summed E-state index contributed by atoms with van der Waals surface area (Å²) in [5, 5.41) is 12.7. The highest BCUT2D eigenvalue weighted by Gasteiger charge is 2.34. The summed E-state index contributed by atoms with van der Waals surface area (Å²) in [7, 11) is 0. The number of carbonyl (C=O) groups is 1. The quantitative estimate of drug-likeness (QED) is 0.771. The van der Waals surface area contributed by atoms with Crippen molar-refractivity contribution in [2.75, 3.05) is 0 Å². The summed E-state index contributed by atoms with van der Waals surface area (Å²) in [6.07, 6.45) is 3.04. The Bertz CT molecular complexity index is 763. The number of allylic oxidation sites excluding steroid dienone is 4. The Morgan fingerprint density at radius 2 is 2.00 bits per heavy atom. The third kappa shape index (κ3) is 3.27. The number of ketones is 1. The second-order valence-electron chi connectivity index (χ2n) is 7.45. The molecule has 2 aliphatic rings. The maximum Gasteiger partial charge on any atom is 0.202 e. The third-order valence-corrected chi connectivity index (χ3v) is 6.07. The van der Waals surface area contributed by atoms with Gasteiger partial charge in [-0.3, -0.25) is 4.79 Å². The predicted molar refractivity (Wildman–Crippen MR) is 98.0 cm³/mol. The van der Waals surface area contributed by atoms with E-state index in [1.807, 2.05) is 18.2 Å². The van der Waals surface area contributed by atoms with Gasteiger partial charge in [-0.05, 0) is 30.6 Å². The molecule has 24 heavy (non-hydrogen) atoms. The lowest BCUT2D eigenvalue weighted by Crippen LogP contribution is -2.30.